The number of rotatable bonds is 2. The highest BCUT2D eigenvalue weighted by molar-refractivity contribution is 5.09. The van der Waals surface area contributed by atoms with E-state index in [0.29, 0.717) is 11.1 Å². The first-order valence-corrected chi connectivity index (χ1v) is 2.49. The lowest BCUT2D eigenvalue weighted by Gasteiger charge is -1.95. The first kappa shape index (κ1) is 7.60. The van der Waals surface area contributed by atoms with E-state index >= 15 is 0 Å². The van der Waals surface area contributed by atoms with Gasteiger partial charge in [-0.15, -0.1) is 0 Å². The molecule has 0 amide bonds. The maximum Gasteiger partial charge on any atom is 0.111 e. The van der Waals surface area contributed by atoms with Gasteiger partial charge in [-0.1, -0.05) is 0 Å². The molecule has 0 radical (unpaired) electrons. The van der Waals surface area contributed by atoms with E-state index in [1.165, 1.54) is 0 Å². The van der Waals surface area contributed by atoms with Crippen LogP contribution in [0.5, 0.6) is 0 Å². The summed E-state index contributed by atoms with van der Waals surface area (Å²) in [7, 11) is 0. The zero-order chi connectivity index (χ0) is 6.57. The molecular weight excluding hydrogens is 110 g/mol. The molecule has 0 nitrogen and oxygen atoms in total. The Bertz CT molecular complexity index is 82.7. The molecule has 0 unspecified atom stereocenters. The van der Waals surface area contributed by atoms with E-state index in [4.69, 9.17) is 0 Å². The molecule has 0 aliphatic rings. The zero-order valence-corrected chi connectivity index (χ0v) is 5.17. The highest BCUT2D eigenvalue weighted by Crippen LogP contribution is 2.02. The fourth-order valence-corrected chi connectivity index (χ4v) is 0.228. The number of halogens is 2. The minimum absolute atomic E-state index is 0.507. The van der Waals surface area contributed by atoms with Gasteiger partial charge in [0.1, 0.15) is 13.3 Å². The number of hydrogen-bond acceptors (Lipinski definition) is 0. The Labute approximate surface area is 48.2 Å². The van der Waals surface area contributed by atoms with E-state index in [2.05, 4.69) is 0 Å². The van der Waals surface area contributed by atoms with Gasteiger partial charge in [0, 0.05) is 0 Å². The summed E-state index contributed by atoms with van der Waals surface area (Å²) >= 11 is 0. The predicted octanol–water partition coefficient (Wildman–Crippen LogP) is 2.26. The highest BCUT2D eigenvalue weighted by Gasteiger charge is 1.92. The standard InChI is InChI=1S/C6H10F2/c1-5(3-7)6(2)4-8/h3-4H2,1-2H3. The van der Waals surface area contributed by atoms with Crippen LogP contribution in [0.3, 0.4) is 0 Å². The summed E-state index contributed by atoms with van der Waals surface area (Å²) in [6.07, 6.45) is 0. The van der Waals surface area contributed by atoms with Gasteiger partial charge in [-0.05, 0) is 25.0 Å². The van der Waals surface area contributed by atoms with Crippen LogP contribution in [0.4, 0.5) is 8.78 Å². The molecule has 0 aliphatic heterocycles. The van der Waals surface area contributed by atoms with E-state index in [1.807, 2.05) is 0 Å². The second-order valence-corrected chi connectivity index (χ2v) is 1.83. The van der Waals surface area contributed by atoms with Crippen molar-refractivity contribution in [3.63, 3.8) is 0 Å². The Morgan fingerprint density at radius 2 is 1.25 bits per heavy atom. The Morgan fingerprint density at radius 1 is 1.00 bits per heavy atom. The molecule has 0 aromatic heterocycles. The van der Waals surface area contributed by atoms with Crippen molar-refractivity contribution in [3.8, 4) is 0 Å². The number of allylic oxidation sites excluding steroid dienone is 2. The largest absolute Gasteiger partial charge is 0.246 e. The van der Waals surface area contributed by atoms with Crippen molar-refractivity contribution in [1.82, 2.24) is 0 Å². The average molecular weight is 120 g/mol. The van der Waals surface area contributed by atoms with Gasteiger partial charge in [0.15, 0.2) is 0 Å². The number of alkyl halides is 2. The fraction of sp³-hybridized carbons (Fsp3) is 0.667. The molecule has 0 aromatic rings. The van der Waals surface area contributed by atoms with Crippen molar-refractivity contribution in [1.29, 1.82) is 0 Å². The molecule has 0 saturated carbocycles. The Morgan fingerprint density at radius 3 is 1.38 bits per heavy atom. The lowest BCUT2D eigenvalue weighted by atomic mass is 10.2. The minimum Gasteiger partial charge on any atom is -0.246 e. The third-order valence-corrected chi connectivity index (χ3v) is 1.13. The average Bonchev–Trinajstić information content (AvgIpc) is 1.84. The van der Waals surface area contributed by atoms with Gasteiger partial charge in [-0.2, -0.15) is 0 Å². The van der Waals surface area contributed by atoms with Crippen LogP contribution in [0.1, 0.15) is 13.8 Å². The van der Waals surface area contributed by atoms with E-state index in [0.717, 1.165) is 0 Å². The minimum atomic E-state index is -0.532. The van der Waals surface area contributed by atoms with Gasteiger partial charge in [0.25, 0.3) is 0 Å². The fourth-order valence-electron chi connectivity index (χ4n) is 0.228. The zero-order valence-electron chi connectivity index (χ0n) is 5.17. The van der Waals surface area contributed by atoms with E-state index < -0.39 is 13.3 Å². The van der Waals surface area contributed by atoms with Gasteiger partial charge in [0.05, 0.1) is 0 Å². The Balaban J connectivity index is 3.83. The van der Waals surface area contributed by atoms with Crippen molar-refractivity contribution >= 4 is 0 Å². The third kappa shape index (κ3) is 2.05. The lowest BCUT2D eigenvalue weighted by Crippen LogP contribution is -1.86. The van der Waals surface area contributed by atoms with Crippen molar-refractivity contribution in [2.45, 2.75) is 13.8 Å². The van der Waals surface area contributed by atoms with E-state index in [9.17, 15) is 8.78 Å². The molecule has 8 heavy (non-hydrogen) atoms. The number of hydrogen-bond donors (Lipinski definition) is 0. The quantitative estimate of drug-likeness (QED) is 0.490. The summed E-state index contributed by atoms with van der Waals surface area (Å²) < 4.78 is 23.2. The monoisotopic (exact) mass is 120 g/mol. The van der Waals surface area contributed by atoms with Crippen LogP contribution >= 0.6 is 0 Å². The van der Waals surface area contributed by atoms with Crippen molar-refractivity contribution < 1.29 is 8.78 Å². The smallest absolute Gasteiger partial charge is 0.111 e. The van der Waals surface area contributed by atoms with E-state index in [1.54, 1.807) is 13.8 Å². The molecule has 0 saturated heterocycles. The summed E-state index contributed by atoms with van der Waals surface area (Å²) in [5.74, 6) is 0. The van der Waals surface area contributed by atoms with Crippen LogP contribution < -0.4 is 0 Å². The molecule has 0 fully saturated rings. The maximum absolute atomic E-state index is 11.6. The highest BCUT2D eigenvalue weighted by atomic mass is 19.1. The topological polar surface area (TPSA) is 0 Å². The normalized spacial score (nSPS) is 13.5. The van der Waals surface area contributed by atoms with E-state index in [-0.39, 0.29) is 0 Å². The molecule has 2 heteroatoms. The molecule has 0 aromatic carbocycles. The molecule has 0 N–H and O–H groups in total. The van der Waals surface area contributed by atoms with Gasteiger partial charge < -0.3 is 0 Å². The van der Waals surface area contributed by atoms with Gasteiger partial charge in [0.2, 0.25) is 0 Å². The van der Waals surface area contributed by atoms with Gasteiger partial charge in [-0.25, -0.2) is 8.78 Å². The third-order valence-electron chi connectivity index (χ3n) is 1.13. The second-order valence-electron chi connectivity index (χ2n) is 1.83. The maximum atomic E-state index is 11.6. The summed E-state index contributed by atoms with van der Waals surface area (Å²) in [4.78, 5) is 0. The SMILES string of the molecule is CC(CF)=C(C)CF. The first-order valence-electron chi connectivity index (χ1n) is 2.49. The second kappa shape index (κ2) is 3.58. The van der Waals surface area contributed by atoms with Gasteiger partial charge in [-0.3, -0.25) is 0 Å². The van der Waals surface area contributed by atoms with Crippen LogP contribution in [0, 0.1) is 0 Å². The predicted molar refractivity (Wildman–Crippen MR) is 30.3 cm³/mol. The molecule has 48 valence electrons. The molecule has 0 rings (SSSR count). The molecule has 0 spiro atoms. The first-order chi connectivity index (χ1) is 3.72. The van der Waals surface area contributed by atoms with Crippen molar-refractivity contribution in [3.05, 3.63) is 11.1 Å². The van der Waals surface area contributed by atoms with Crippen LogP contribution in [-0.4, -0.2) is 13.3 Å². The van der Waals surface area contributed by atoms with Crippen LogP contribution in [-0.2, 0) is 0 Å². The van der Waals surface area contributed by atoms with Crippen LogP contribution in [0.2, 0.25) is 0 Å². The molecular formula is C6H10F2. The van der Waals surface area contributed by atoms with Crippen molar-refractivity contribution in [2.24, 2.45) is 0 Å². The van der Waals surface area contributed by atoms with Crippen LogP contribution in [0.15, 0.2) is 11.1 Å². The lowest BCUT2D eigenvalue weighted by molar-refractivity contribution is 0.513. The summed E-state index contributed by atoms with van der Waals surface area (Å²) in [6, 6.07) is 0. The molecule has 0 bridgehead atoms. The Hall–Kier alpha value is -0.400. The molecule has 0 heterocycles. The van der Waals surface area contributed by atoms with Crippen LogP contribution in [0.25, 0.3) is 0 Å². The summed E-state index contributed by atoms with van der Waals surface area (Å²) in [5, 5.41) is 0. The Kier molecular flexibility index (Phi) is 3.40. The van der Waals surface area contributed by atoms with Gasteiger partial charge >= 0.3 is 0 Å². The summed E-state index contributed by atoms with van der Waals surface area (Å²) in [5.41, 5.74) is 1.01. The molecule has 0 aliphatic carbocycles. The molecule has 0 atom stereocenters. The summed E-state index contributed by atoms with van der Waals surface area (Å²) in [6.45, 7) is 2.12. The van der Waals surface area contributed by atoms with Crippen molar-refractivity contribution in [2.75, 3.05) is 13.3 Å².